The third-order valence-electron chi connectivity index (χ3n) is 5.98. The Bertz CT molecular complexity index is 1320. The number of para-hydroxylation sites is 1. The fourth-order valence-corrected chi connectivity index (χ4v) is 4.23. The van der Waals surface area contributed by atoms with Gasteiger partial charge < -0.3 is 19.9 Å². The molecule has 3 aromatic rings. The van der Waals surface area contributed by atoms with Crippen molar-refractivity contribution in [1.29, 1.82) is 0 Å². The van der Waals surface area contributed by atoms with Gasteiger partial charge in [0, 0.05) is 37.6 Å². The van der Waals surface area contributed by atoms with Crippen molar-refractivity contribution in [1.82, 2.24) is 5.32 Å². The van der Waals surface area contributed by atoms with E-state index in [9.17, 15) is 26.7 Å². The molecule has 6 nitrogen and oxygen atoms in total. The molecule has 38 heavy (non-hydrogen) atoms. The second-order valence-corrected chi connectivity index (χ2v) is 8.90. The highest BCUT2D eigenvalue weighted by molar-refractivity contribution is 7.80. The minimum Gasteiger partial charge on any atom is -0.483 e. The number of thiocarbonyl (C=S) groups is 1. The van der Waals surface area contributed by atoms with Crippen molar-refractivity contribution in [2.24, 2.45) is 0 Å². The summed E-state index contributed by atoms with van der Waals surface area (Å²) in [4.78, 5) is 15.2. The lowest BCUT2D eigenvalue weighted by Crippen LogP contribution is -2.47. The van der Waals surface area contributed by atoms with Crippen LogP contribution < -0.4 is 25.2 Å². The number of hydrogen-bond donors (Lipinski definition) is 2. The molecule has 0 bridgehead atoms. The molecular formula is C26H23F5N4O2S. The summed E-state index contributed by atoms with van der Waals surface area (Å²) in [5, 5.41) is 5.53. The highest BCUT2D eigenvalue weighted by atomic mass is 32.1. The number of aryl methyl sites for hydroxylation is 1. The Morgan fingerprint density at radius 3 is 2.00 bits per heavy atom. The SMILES string of the molecule is Cc1ccccc1OCC(=O)NC(=S)Nc1ccc(N2CCN(c3c(F)c(F)c(F)c(F)c3F)CC2)cc1. The number of nitrogens with zero attached hydrogens (tertiary/aromatic N) is 2. The quantitative estimate of drug-likeness (QED) is 0.197. The smallest absolute Gasteiger partial charge is 0.264 e. The monoisotopic (exact) mass is 550 g/mol. The molecule has 4 rings (SSSR count). The standard InChI is InChI=1S/C26H23F5N4O2S/c1-15-4-2-3-5-18(15)37-14-19(36)33-26(38)32-16-6-8-17(9-7-16)34-10-12-35(13-11-34)25-23(30)21(28)20(27)22(29)24(25)31/h2-9H,10-14H2,1H3,(H2,32,33,36,38). The predicted molar refractivity (Wildman–Crippen MR) is 138 cm³/mol. The first-order valence-corrected chi connectivity index (χ1v) is 12.0. The van der Waals surface area contributed by atoms with Crippen molar-refractivity contribution in [2.75, 3.05) is 47.9 Å². The lowest BCUT2D eigenvalue weighted by molar-refractivity contribution is -0.121. The van der Waals surface area contributed by atoms with Crippen LogP contribution in [0.25, 0.3) is 0 Å². The number of amides is 1. The molecule has 0 spiro atoms. The molecule has 0 aromatic heterocycles. The first-order valence-electron chi connectivity index (χ1n) is 11.6. The maximum absolute atomic E-state index is 14.1. The summed E-state index contributed by atoms with van der Waals surface area (Å²) in [6, 6.07) is 14.3. The molecule has 1 saturated heterocycles. The molecule has 1 aliphatic rings. The third kappa shape index (κ3) is 5.96. The summed E-state index contributed by atoms with van der Waals surface area (Å²) in [5.41, 5.74) is 1.38. The average molecular weight is 551 g/mol. The van der Waals surface area contributed by atoms with Crippen LogP contribution in [0.3, 0.4) is 0 Å². The average Bonchev–Trinajstić information content (AvgIpc) is 2.91. The molecule has 1 fully saturated rings. The van der Waals surface area contributed by atoms with E-state index < -0.39 is 40.7 Å². The van der Waals surface area contributed by atoms with Crippen molar-refractivity contribution < 1.29 is 31.5 Å². The number of anilines is 3. The van der Waals surface area contributed by atoms with Crippen LogP contribution in [0.5, 0.6) is 5.75 Å². The zero-order valence-electron chi connectivity index (χ0n) is 20.2. The molecule has 0 radical (unpaired) electrons. The number of carbonyl (C=O) groups is 1. The van der Waals surface area contributed by atoms with E-state index >= 15 is 0 Å². The van der Waals surface area contributed by atoms with E-state index in [1.54, 1.807) is 30.3 Å². The van der Waals surface area contributed by atoms with Gasteiger partial charge in [0.15, 0.2) is 35.0 Å². The van der Waals surface area contributed by atoms with Gasteiger partial charge in [-0.15, -0.1) is 0 Å². The number of piperazine rings is 1. The van der Waals surface area contributed by atoms with E-state index in [4.69, 9.17) is 17.0 Å². The fraction of sp³-hybridized carbons (Fsp3) is 0.231. The number of halogens is 5. The maximum atomic E-state index is 14.1. The van der Waals surface area contributed by atoms with Crippen molar-refractivity contribution in [2.45, 2.75) is 6.92 Å². The van der Waals surface area contributed by atoms with Gasteiger partial charge in [-0.1, -0.05) is 18.2 Å². The Morgan fingerprint density at radius 2 is 1.39 bits per heavy atom. The van der Waals surface area contributed by atoms with Crippen molar-refractivity contribution >= 4 is 40.3 Å². The number of rotatable bonds is 6. The highest BCUT2D eigenvalue weighted by Crippen LogP contribution is 2.31. The van der Waals surface area contributed by atoms with Gasteiger partial charge in [0.05, 0.1) is 0 Å². The van der Waals surface area contributed by atoms with Crippen LogP contribution in [0.1, 0.15) is 5.56 Å². The molecular weight excluding hydrogens is 527 g/mol. The molecule has 200 valence electrons. The number of nitrogens with one attached hydrogen (secondary N) is 2. The Labute approximate surface area is 221 Å². The topological polar surface area (TPSA) is 56.8 Å². The molecule has 1 heterocycles. The largest absolute Gasteiger partial charge is 0.483 e. The molecule has 2 N–H and O–H groups in total. The predicted octanol–water partition coefficient (Wildman–Crippen LogP) is 4.91. The maximum Gasteiger partial charge on any atom is 0.264 e. The van der Waals surface area contributed by atoms with Crippen molar-refractivity contribution in [3.63, 3.8) is 0 Å². The molecule has 3 aromatic carbocycles. The van der Waals surface area contributed by atoms with E-state index in [2.05, 4.69) is 10.6 Å². The van der Waals surface area contributed by atoms with Crippen molar-refractivity contribution in [3.8, 4) is 5.75 Å². The zero-order chi connectivity index (χ0) is 27.4. The molecule has 0 unspecified atom stereocenters. The van der Waals surface area contributed by atoms with E-state index in [0.717, 1.165) is 16.2 Å². The second-order valence-electron chi connectivity index (χ2n) is 8.50. The molecule has 12 heteroatoms. The van der Waals surface area contributed by atoms with Crippen LogP contribution in [0, 0.1) is 36.0 Å². The van der Waals surface area contributed by atoms with Crippen LogP contribution in [0.4, 0.5) is 39.0 Å². The first-order chi connectivity index (χ1) is 18.2. The zero-order valence-corrected chi connectivity index (χ0v) is 21.0. The summed E-state index contributed by atoms with van der Waals surface area (Å²) in [6.45, 7) is 2.36. The number of hydrogen-bond acceptors (Lipinski definition) is 5. The molecule has 1 aliphatic heterocycles. The van der Waals surface area contributed by atoms with Gasteiger partial charge in [0.25, 0.3) is 5.91 Å². The third-order valence-corrected chi connectivity index (χ3v) is 6.18. The van der Waals surface area contributed by atoms with Gasteiger partial charge in [0.1, 0.15) is 11.4 Å². The molecule has 0 aliphatic carbocycles. The van der Waals surface area contributed by atoms with Crippen molar-refractivity contribution in [3.05, 3.63) is 83.2 Å². The normalized spacial score (nSPS) is 13.3. The van der Waals surface area contributed by atoms with E-state index in [1.807, 2.05) is 30.0 Å². The Morgan fingerprint density at radius 1 is 0.842 bits per heavy atom. The van der Waals surface area contributed by atoms with Crippen LogP contribution in [0.2, 0.25) is 0 Å². The van der Waals surface area contributed by atoms with Crippen LogP contribution >= 0.6 is 12.2 Å². The lowest BCUT2D eigenvalue weighted by atomic mass is 10.2. The van der Waals surface area contributed by atoms with Gasteiger partial charge in [0.2, 0.25) is 5.82 Å². The lowest BCUT2D eigenvalue weighted by Gasteiger charge is -2.37. The number of benzene rings is 3. The van der Waals surface area contributed by atoms with Gasteiger partial charge in [-0.25, -0.2) is 22.0 Å². The van der Waals surface area contributed by atoms with Gasteiger partial charge >= 0.3 is 0 Å². The Kier molecular flexibility index (Phi) is 8.30. The van der Waals surface area contributed by atoms with E-state index in [-0.39, 0.29) is 24.8 Å². The summed E-state index contributed by atoms with van der Waals surface area (Å²) in [7, 11) is 0. The Hall–Kier alpha value is -3.93. The minimum absolute atomic E-state index is 0.0546. The van der Waals surface area contributed by atoms with E-state index in [1.165, 1.54) is 0 Å². The summed E-state index contributed by atoms with van der Waals surface area (Å²) in [6.07, 6.45) is 0. The van der Waals surface area contributed by atoms with Gasteiger partial charge in [-0.3, -0.25) is 10.1 Å². The van der Waals surface area contributed by atoms with Crippen LogP contribution in [0.15, 0.2) is 48.5 Å². The molecule has 0 saturated carbocycles. The number of ether oxygens (including phenoxy) is 1. The van der Waals surface area contributed by atoms with Gasteiger partial charge in [-0.2, -0.15) is 0 Å². The number of carbonyl (C=O) groups excluding carboxylic acids is 1. The van der Waals surface area contributed by atoms with E-state index in [0.29, 0.717) is 24.5 Å². The minimum atomic E-state index is -2.18. The fourth-order valence-electron chi connectivity index (χ4n) is 4.00. The second kappa shape index (κ2) is 11.6. The summed E-state index contributed by atoms with van der Waals surface area (Å²) >= 11 is 5.18. The summed E-state index contributed by atoms with van der Waals surface area (Å²) in [5.74, 6) is -9.59. The van der Waals surface area contributed by atoms with Crippen LogP contribution in [-0.4, -0.2) is 43.8 Å². The summed E-state index contributed by atoms with van der Waals surface area (Å²) < 4.78 is 74.3. The molecule has 1 amide bonds. The Balaban J connectivity index is 1.28. The molecule has 0 atom stereocenters. The first kappa shape index (κ1) is 27.1. The van der Waals surface area contributed by atoms with Gasteiger partial charge in [-0.05, 0) is 55.0 Å². The van der Waals surface area contributed by atoms with Crippen LogP contribution in [-0.2, 0) is 4.79 Å². The highest BCUT2D eigenvalue weighted by Gasteiger charge is 2.30.